The van der Waals surface area contributed by atoms with Crippen LogP contribution in [0.4, 0.5) is 5.82 Å². The van der Waals surface area contributed by atoms with Gasteiger partial charge in [-0.1, -0.05) is 37.3 Å². The molecule has 1 amide bonds. The third-order valence-corrected chi connectivity index (χ3v) is 3.53. The summed E-state index contributed by atoms with van der Waals surface area (Å²) in [5.41, 5.74) is 7.78. The van der Waals surface area contributed by atoms with Gasteiger partial charge in [0.2, 0.25) is 5.91 Å². The summed E-state index contributed by atoms with van der Waals surface area (Å²) >= 11 is 0. The SMILES string of the molecule is Cc1cc(NC(=O)C(C)C(C)N)n(Cc2ccccc2)n1.Cl. The lowest BCUT2D eigenvalue weighted by molar-refractivity contribution is -0.119. The molecule has 2 rings (SSSR count). The minimum Gasteiger partial charge on any atom is -0.327 e. The number of aromatic nitrogens is 2. The molecule has 0 aliphatic rings. The van der Waals surface area contributed by atoms with Gasteiger partial charge in [0.05, 0.1) is 18.2 Å². The second-order valence-corrected chi connectivity index (χ2v) is 5.45. The molecule has 120 valence electrons. The molecular weight excluding hydrogens is 300 g/mol. The number of carbonyl (C=O) groups excluding carboxylic acids is 1. The third kappa shape index (κ3) is 4.58. The van der Waals surface area contributed by atoms with Crippen LogP contribution in [0, 0.1) is 12.8 Å². The number of aryl methyl sites for hydroxylation is 1. The van der Waals surface area contributed by atoms with Crippen molar-refractivity contribution < 1.29 is 4.79 Å². The fourth-order valence-corrected chi connectivity index (χ4v) is 2.00. The highest BCUT2D eigenvalue weighted by Crippen LogP contribution is 2.14. The van der Waals surface area contributed by atoms with Gasteiger partial charge in [0.1, 0.15) is 5.82 Å². The summed E-state index contributed by atoms with van der Waals surface area (Å²) in [5, 5.41) is 7.35. The van der Waals surface area contributed by atoms with E-state index in [9.17, 15) is 4.79 Å². The Morgan fingerprint density at radius 2 is 1.95 bits per heavy atom. The molecule has 1 heterocycles. The number of hydrogen-bond donors (Lipinski definition) is 2. The number of hydrogen-bond acceptors (Lipinski definition) is 3. The van der Waals surface area contributed by atoms with Crippen molar-refractivity contribution in [1.82, 2.24) is 9.78 Å². The minimum atomic E-state index is -0.245. The molecule has 0 aliphatic carbocycles. The Morgan fingerprint density at radius 1 is 1.32 bits per heavy atom. The van der Waals surface area contributed by atoms with E-state index in [0.717, 1.165) is 11.3 Å². The quantitative estimate of drug-likeness (QED) is 0.888. The maximum atomic E-state index is 12.1. The zero-order valence-corrected chi connectivity index (χ0v) is 13.9. The molecule has 0 aliphatic heterocycles. The molecule has 1 aromatic carbocycles. The molecule has 0 spiro atoms. The van der Waals surface area contributed by atoms with Gasteiger partial charge in [0.25, 0.3) is 0 Å². The number of anilines is 1. The topological polar surface area (TPSA) is 72.9 Å². The van der Waals surface area contributed by atoms with Gasteiger partial charge < -0.3 is 11.1 Å². The van der Waals surface area contributed by atoms with Crippen molar-refractivity contribution in [2.45, 2.75) is 33.4 Å². The maximum absolute atomic E-state index is 12.1. The van der Waals surface area contributed by atoms with E-state index in [1.54, 1.807) is 4.68 Å². The first kappa shape index (κ1) is 18.2. The highest BCUT2D eigenvalue weighted by molar-refractivity contribution is 5.92. The molecule has 2 unspecified atom stereocenters. The third-order valence-electron chi connectivity index (χ3n) is 3.53. The number of carbonyl (C=O) groups is 1. The van der Waals surface area contributed by atoms with Crippen molar-refractivity contribution in [2.24, 2.45) is 11.7 Å². The molecule has 6 heteroatoms. The Morgan fingerprint density at radius 3 is 2.55 bits per heavy atom. The van der Waals surface area contributed by atoms with Crippen molar-refractivity contribution in [3.8, 4) is 0 Å². The average Bonchev–Trinajstić information content (AvgIpc) is 2.78. The van der Waals surface area contributed by atoms with E-state index in [1.165, 1.54) is 0 Å². The lowest BCUT2D eigenvalue weighted by Gasteiger charge is -2.16. The van der Waals surface area contributed by atoms with Gasteiger partial charge in [-0.3, -0.25) is 4.79 Å². The van der Waals surface area contributed by atoms with Crippen LogP contribution in [-0.4, -0.2) is 21.7 Å². The Labute approximate surface area is 137 Å². The van der Waals surface area contributed by atoms with Gasteiger partial charge in [0.15, 0.2) is 0 Å². The molecule has 2 aromatic rings. The van der Waals surface area contributed by atoms with E-state index in [-0.39, 0.29) is 30.3 Å². The highest BCUT2D eigenvalue weighted by atomic mass is 35.5. The van der Waals surface area contributed by atoms with Gasteiger partial charge >= 0.3 is 0 Å². The van der Waals surface area contributed by atoms with Gasteiger partial charge in [-0.05, 0) is 19.4 Å². The first-order chi connectivity index (χ1) is 9.97. The van der Waals surface area contributed by atoms with E-state index >= 15 is 0 Å². The summed E-state index contributed by atoms with van der Waals surface area (Å²) < 4.78 is 1.80. The number of nitrogens with one attached hydrogen (secondary N) is 1. The highest BCUT2D eigenvalue weighted by Gasteiger charge is 2.19. The normalized spacial score (nSPS) is 13.1. The number of halogens is 1. The molecular formula is C16H23ClN4O. The molecule has 3 N–H and O–H groups in total. The average molecular weight is 323 g/mol. The predicted octanol–water partition coefficient (Wildman–Crippen LogP) is 2.58. The minimum absolute atomic E-state index is 0. The fourth-order valence-electron chi connectivity index (χ4n) is 2.00. The van der Waals surface area contributed by atoms with Crippen LogP contribution < -0.4 is 11.1 Å². The summed E-state index contributed by atoms with van der Waals surface area (Å²) in [7, 11) is 0. The number of nitrogens with zero attached hydrogens (tertiary/aromatic N) is 2. The van der Waals surface area contributed by atoms with Crippen molar-refractivity contribution >= 4 is 24.1 Å². The smallest absolute Gasteiger partial charge is 0.229 e. The lowest BCUT2D eigenvalue weighted by Crippen LogP contribution is -2.34. The second kappa shape index (κ2) is 7.96. The molecule has 22 heavy (non-hydrogen) atoms. The summed E-state index contributed by atoms with van der Waals surface area (Å²) in [6.07, 6.45) is 0. The fraction of sp³-hybridized carbons (Fsp3) is 0.375. The second-order valence-electron chi connectivity index (χ2n) is 5.45. The van der Waals surface area contributed by atoms with Crippen LogP contribution in [0.1, 0.15) is 25.1 Å². The van der Waals surface area contributed by atoms with Gasteiger partial charge in [-0.15, -0.1) is 12.4 Å². The van der Waals surface area contributed by atoms with Crippen LogP contribution in [0.3, 0.4) is 0 Å². The zero-order valence-electron chi connectivity index (χ0n) is 13.1. The number of rotatable bonds is 5. The lowest BCUT2D eigenvalue weighted by atomic mass is 10.0. The Hall–Kier alpha value is -1.85. The summed E-state index contributed by atoms with van der Waals surface area (Å²) in [5.74, 6) is 0.374. The van der Waals surface area contributed by atoms with Crippen molar-refractivity contribution in [1.29, 1.82) is 0 Å². The summed E-state index contributed by atoms with van der Waals surface area (Å²) in [4.78, 5) is 12.1. The molecule has 2 atom stereocenters. The van der Waals surface area contributed by atoms with Crippen LogP contribution >= 0.6 is 12.4 Å². The number of benzene rings is 1. The van der Waals surface area contributed by atoms with Crippen LogP contribution in [0.25, 0.3) is 0 Å². The molecule has 0 bridgehead atoms. The standard InChI is InChI=1S/C16H22N4O.ClH/c1-11-9-15(18-16(21)12(2)13(3)17)20(19-11)10-14-7-5-4-6-8-14;/h4-9,12-13H,10,17H2,1-3H3,(H,18,21);1H. The number of nitrogens with two attached hydrogens (primary N) is 1. The zero-order chi connectivity index (χ0) is 15.4. The molecule has 1 aromatic heterocycles. The predicted molar refractivity (Wildman–Crippen MR) is 91.2 cm³/mol. The largest absolute Gasteiger partial charge is 0.327 e. The molecule has 0 saturated heterocycles. The Balaban J connectivity index is 0.00000242. The van der Waals surface area contributed by atoms with E-state index < -0.39 is 0 Å². The van der Waals surface area contributed by atoms with Crippen LogP contribution in [0.2, 0.25) is 0 Å². The summed E-state index contributed by atoms with van der Waals surface area (Å²) in [6.45, 7) is 6.19. The molecule has 5 nitrogen and oxygen atoms in total. The van der Waals surface area contributed by atoms with E-state index in [0.29, 0.717) is 12.4 Å². The molecule has 0 saturated carbocycles. The van der Waals surface area contributed by atoms with E-state index in [4.69, 9.17) is 5.73 Å². The van der Waals surface area contributed by atoms with Crippen molar-refractivity contribution in [3.05, 3.63) is 47.7 Å². The Kier molecular flexibility index (Phi) is 6.59. The number of amides is 1. The van der Waals surface area contributed by atoms with Crippen LogP contribution in [0.15, 0.2) is 36.4 Å². The first-order valence-corrected chi connectivity index (χ1v) is 7.12. The van der Waals surface area contributed by atoms with Gasteiger partial charge in [-0.2, -0.15) is 5.10 Å². The van der Waals surface area contributed by atoms with Gasteiger partial charge in [0, 0.05) is 12.1 Å². The van der Waals surface area contributed by atoms with Gasteiger partial charge in [-0.25, -0.2) is 4.68 Å². The van der Waals surface area contributed by atoms with Crippen molar-refractivity contribution in [3.63, 3.8) is 0 Å². The summed E-state index contributed by atoms with van der Waals surface area (Å²) in [6, 6.07) is 11.7. The Bertz CT molecular complexity index is 610. The van der Waals surface area contributed by atoms with Crippen LogP contribution in [0.5, 0.6) is 0 Å². The molecule has 0 fully saturated rings. The molecule has 0 radical (unpaired) electrons. The maximum Gasteiger partial charge on any atom is 0.229 e. The monoisotopic (exact) mass is 322 g/mol. The van der Waals surface area contributed by atoms with E-state index in [1.807, 2.05) is 57.2 Å². The van der Waals surface area contributed by atoms with Crippen molar-refractivity contribution in [2.75, 3.05) is 5.32 Å². The van der Waals surface area contributed by atoms with E-state index in [2.05, 4.69) is 10.4 Å². The first-order valence-electron chi connectivity index (χ1n) is 7.12. The van der Waals surface area contributed by atoms with Crippen LogP contribution in [-0.2, 0) is 11.3 Å².